The molecule has 0 saturated carbocycles. The van der Waals surface area contributed by atoms with Gasteiger partial charge in [-0.25, -0.2) is 0 Å². The average molecular weight is 291 g/mol. The summed E-state index contributed by atoms with van der Waals surface area (Å²) in [6, 6.07) is 6.01. The van der Waals surface area contributed by atoms with Crippen molar-refractivity contribution in [2.75, 3.05) is 20.1 Å². The zero-order chi connectivity index (χ0) is 13.9. The largest absolute Gasteiger partial charge is 0.355 e. The van der Waals surface area contributed by atoms with Gasteiger partial charge in [0.15, 0.2) is 11.5 Å². The zero-order valence-electron chi connectivity index (χ0n) is 11.3. The summed E-state index contributed by atoms with van der Waals surface area (Å²) in [5.74, 6) is 0.472. The fraction of sp³-hybridized carbons (Fsp3) is 0.429. The maximum atomic E-state index is 12.0. The lowest BCUT2D eigenvalue weighted by Gasteiger charge is -2.19. The van der Waals surface area contributed by atoms with Crippen LogP contribution >= 0.6 is 11.3 Å². The molecule has 2 aromatic rings. The summed E-state index contributed by atoms with van der Waals surface area (Å²) in [5.41, 5.74) is 0.342. The molecule has 0 bridgehead atoms. The van der Waals surface area contributed by atoms with Crippen LogP contribution in [0.1, 0.15) is 23.3 Å². The predicted molar refractivity (Wildman–Crippen MR) is 77.8 cm³/mol. The fourth-order valence-corrected chi connectivity index (χ4v) is 3.13. The van der Waals surface area contributed by atoms with Crippen molar-refractivity contribution in [1.29, 1.82) is 0 Å². The van der Waals surface area contributed by atoms with E-state index in [4.69, 9.17) is 4.52 Å². The second-order valence-electron chi connectivity index (χ2n) is 5.04. The van der Waals surface area contributed by atoms with Crippen LogP contribution in [0.5, 0.6) is 0 Å². The van der Waals surface area contributed by atoms with E-state index in [1.807, 2.05) is 17.5 Å². The van der Waals surface area contributed by atoms with E-state index in [0.717, 1.165) is 17.8 Å². The Morgan fingerprint density at radius 1 is 1.65 bits per heavy atom. The molecule has 0 spiro atoms. The summed E-state index contributed by atoms with van der Waals surface area (Å²) in [7, 11) is 2.09. The van der Waals surface area contributed by atoms with Gasteiger partial charge >= 0.3 is 0 Å². The maximum Gasteiger partial charge on any atom is 0.273 e. The van der Waals surface area contributed by atoms with Crippen molar-refractivity contribution < 1.29 is 9.32 Å². The van der Waals surface area contributed by atoms with E-state index in [1.54, 1.807) is 17.4 Å². The first-order valence-corrected chi connectivity index (χ1v) is 7.61. The molecule has 106 valence electrons. The summed E-state index contributed by atoms with van der Waals surface area (Å²) in [6.07, 6.45) is 2.33. The Kier molecular flexibility index (Phi) is 3.84. The number of nitrogens with one attached hydrogen (secondary N) is 1. The molecule has 20 heavy (non-hydrogen) atoms. The van der Waals surface area contributed by atoms with Crippen molar-refractivity contribution in [3.8, 4) is 10.6 Å². The Balaban J connectivity index is 1.60. The average Bonchev–Trinajstić information content (AvgIpc) is 3.17. The van der Waals surface area contributed by atoms with E-state index in [1.165, 1.54) is 6.42 Å². The number of likely N-dealkylation sites (N-methyl/N-ethyl adjacent to an activating group) is 1. The highest BCUT2D eigenvalue weighted by Crippen LogP contribution is 2.25. The summed E-state index contributed by atoms with van der Waals surface area (Å²) in [4.78, 5) is 15.3. The molecule has 1 saturated heterocycles. The normalized spacial score (nSPS) is 19.4. The van der Waals surface area contributed by atoms with Crippen molar-refractivity contribution in [1.82, 2.24) is 15.4 Å². The highest BCUT2D eigenvalue weighted by atomic mass is 32.1. The first-order chi connectivity index (χ1) is 9.74. The molecule has 1 fully saturated rings. The number of carbonyl (C=O) groups excluding carboxylic acids is 1. The number of carbonyl (C=O) groups is 1. The van der Waals surface area contributed by atoms with E-state index in [9.17, 15) is 4.79 Å². The van der Waals surface area contributed by atoms with Gasteiger partial charge in [-0.05, 0) is 37.9 Å². The smallest absolute Gasteiger partial charge is 0.273 e. The molecule has 5 nitrogen and oxygen atoms in total. The number of likely N-dealkylation sites (tertiary alicyclic amines) is 1. The third kappa shape index (κ3) is 2.76. The summed E-state index contributed by atoms with van der Waals surface area (Å²) < 4.78 is 5.21. The highest BCUT2D eigenvalue weighted by molar-refractivity contribution is 7.13. The quantitative estimate of drug-likeness (QED) is 0.938. The Morgan fingerprint density at radius 2 is 2.55 bits per heavy atom. The molecule has 0 unspecified atom stereocenters. The van der Waals surface area contributed by atoms with E-state index in [-0.39, 0.29) is 5.91 Å². The fourth-order valence-electron chi connectivity index (χ4n) is 2.46. The van der Waals surface area contributed by atoms with Gasteiger partial charge in [-0.2, -0.15) is 0 Å². The van der Waals surface area contributed by atoms with Crippen LogP contribution in [-0.2, 0) is 0 Å². The molecule has 0 aromatic carbocycles. The van der Waals surface area contributed by atoms with Crippen LogP contribution in [0.15, 0.2) is 28.1 Å². The van der Waals surface area contributed by atoms with Gasteiger partial charge < -0.3 is 14.7 Å². The number of hydrogen-bond donors (Lipinski definition) is 1. The van der Waals surface area contributed by atoms with Gasteiger partial charge in [-0.1, -0.05) is 11.2 Å². The topological polar surface area (TPSA) is 58.4 Å². The molecule has 6 heteroatoms. The molecule has 3 rings (SSSR count). The lowest BCUT2D eigenvalue weighted by Crippen LogP contribution is -2.38. The highest BCUT2D eigenvalue weighted by Gasteiger charge is 2.22. The Labute approximate surface area is 121 Å². The number of hydrogen-bond acceptors (Lipinski definition) is 5. The number of amides is 1. The maximum absolute atomic E-state index is 12.0. The minimum atomic E-state index is -0.170. The van der Waals surface area contributed by atoms with Crippen LogP contribution in [0.2, 0.25) is 0 Å². The molecule has 1 atom stereocenters. The van der Waals surface area contributed by atoms with Crippen LogP contribution in [-0.4, -0.2) is 42.1 Å². The van der Waals surface area contributed by atoms with Gasteiger partial charge in [0.2, 0.25) is 0 Å². The van der Waals surface area contributed by atoms with Crippen molar-refractivity contribution in [2.24, 2.45) is 0 Å². The molecule has 1 aliphatic heterocycles. The monoisotopic (exact) mass is 291 g/mol. The van der Waals surface area contributed by atoms with Gasteiger partial charge in [0, 0.05) is 18.7 Å². The summed E-state index contributed by atoms with van der Waals surface area (Å²) in [5, 5.41) is 8.74. The molecule has 1 amide bonds. The van der Waals surface area contributed by atoms with Crippen LogP contribution in [0.4, 0.5) is 0 Å². The van der Waals surface area contributed by atoms with Crippen LogP contribution in [0.25, 0.3) is 10.6 Å². The van der Waals surface area contributed by atoms with Crippen LogP contribution < -0.4 is 5.32 Å². The number of nitrogens with zero attached hydrogens (tertiary/aromatic N) is 2. The zero-order valence-corrected chi connectivity index (χ0v) is 12.2. The second kappa shape index (κ2) is 5.76. The van der Waals surface area contributed by atoms with Gasteiger partial charge in [-0.3, -0.25) is 4.79 Å². The molecule has 1 N–H and O–H groups in total. The van der Waals surface area contributed by atoms with Crippen molar-refractivity contribution >= 4 is 17.2 Å². The van der Waals surface area contributed by atoms with Crippen molar-refractivity contribution in [2.45, 2.75) is 18.9 Å². The Bertz CT molecular complexity index is 579. The lowest BCUT2D eigenvalue weighted by atomic mass is 10.2. The van der Waals surface area contributed by atoms with Gasteiger partial charge in [0.1, 0.15) is 0 Å². The number of rotatable bonds is 4. The predicted octanol–water partition coefficient (Wildman–Crippen LogP) is 2.23. The number of aromatic nitrogens is 1. The Hall–Kier alpha value is -1.66. The first-order valence-electron chi connectivity index (χ1n) is 6.73. The van der Waals surface area contributed by atoms with Crippen LogP contribution in [0.3, 0.4) is 0 Å². The van der Waals surface area contributed by atoms with Crippen molar-refractivity contribution in [3.05, 3.63) is 29.3 Å². The van der Waals surface area contributed by atoms with E-state index < -0.39 is 0 Å². The molecular formula is C14H17N3O2S. The first kappa shape index (κ1) is 13.3. The lowest BCUT2D eigenvalue weighted by molar-refractivity contribution is 0.0934. The van der Waals surface area contributed by atoms with Gasteiger partial charge in [0.25, 0.3) is 5.91 Å². The molecular weight excluding hydrogens is 274 g/mol. The minimum absolute atomic E-state index is 0.170. The van der Waals surface area contributed by atoms with E-state index in [2.05, 4.69) is 22.4 Å². The molecule has 2 aromatic heterocycles. The molecule has 1 aliphatic rings. The molecule has 0 radical (unpaired) electrons. The Morgan fingerprint density at radius 3 is 3.25 bits per heavy atom. The van der Waals surface area contributed by atoms with Crippen LogP contribution in [0, 0.1) is 0 Å². The summed E-state index contributed by atoms with van der Waals surface area (Å²) in [6.45, 7) is 1.77. The van der Waals surface area contributed by atoms with Gasteiger partial charge in [-0.15, -0.1) is 11.3 Å². The summed E-state index contributed by atoms with van der Waals surface area (Å²) >= 11 is 1.56. The van der Waals surface area contributed by atoms with E-state index >= 15 is 0 Å². The third-order valence-electron chi connectivity index (χ3n) is 3.68. The minimum Gasteiger partial charge on any atom is -0.355 e. The second-order valence-corrected chi connectivity index (χ2v) is 5.99. The molecule has 0 aliphatic carbocycles. The number of thiophene rings is 1. The molecule has 3 heterocycles. The third-order valence-corrected chi connectivity index (χ3v) is 4.56. The SMILES string of the molecule is CN1CCC[C@@H]1CNC(=O)c1cc(-c2cccs2)on1. The van der Waals surface area contributed by atoms with Crippen molar-refractivity contribution in [3.63, 3.8) is 0 Å². The standard InChI is InChI=1S/C14H17N3O2S/c1-17-6-2-4-10(17)9-15-14(18)11-8-12(19-16-11)13-5-3-7-20-13/h3,5,7-8,10H,2,4,6,9H2,1H3,(H,15,18)/t10-/m1/s1. The van der Waals surface area contributed by atoms with E-state index in [0.29, 0.717) is 24.0 Å². The van der Waals surface area contributed by atoms with Gasteiger partial charge in [0.05, 0.1) is 4.88 Å².